The van der Waals surface area contributed by atoms with Crippen molar-refractivity contribution in [1.82, 2.24) is 4.90 Å². The van der Waals surface area contributed by atoms with Gasteiger partial charge in [-0.3, -0.25) is 4.79 Å². The molecule has 0 radical (unpaired) electrons. The average molecular weight is 309 g/mol. The molecule has 2 rings (SSSR count). The number of aliphatic carboxylic acids is 1. The Bertz CT molecular complexity index is 559. The molecule has 7 nitrogen and oxygen atoms in total. The number of carboxylic acid groups (broad SMARTS) is 1. The number of hydrogen-bond acceptors (Lipinski definition) is 5. The fourth-order valence-electron chi connectivity index (χ4n) is 2.39. The van der Waals surface area contributed by atoms with Crippen molar-refractivity contribution in [2.75, 3.05) is 34.0 Å². The molecule has 0 aliphatic carbocycles. The van der Waals surface area contributed by atoms with Gasteiger partial charge in [-0.25, -0.2) is 4.79 Å². The Kier molecular flexibility index (Phi) is 5.21. The second-order valence-electron chi connectivity index (χ2n) is 4.87. The molecule has 1 aliphatic heterocycles. The lowest BCUT2D eigenvalue weighted by molar-refractivity contribution is -0.158. The molecule has 1 heterocycles. The van der Waals surface area contributed by atoms with Crippen molar-refractivity contribution in [3.05, 3.63) is 23.8 Å². The summed E-state index contributed by atoms with van der Waals surface area (Å²) < 4.78 is 15.5. The molecule has 7 heteroatoms. The van der Waals surface area contributed by atoms with Crippen LogP contribution >= 0.6 is 0 Å². The highest BCUT2D eigenvalue weighted by Crippen LogP contribution is 2.25. The molecule has 1 atom stereocenters. The van der Waals surface area contributed by atoms with Crippen LogP contribution in [0.2, 0.25) is 0 Å². The Balaban J connectivity index is 2.18. The minimum absolute atomic E-state index is 0.0102. The SMILES string of the molecule is COc1ccc(OC)c(CC(=O)N2CCOCC2C(=O)O)c1. The van der Waals surface area contributed by atoms with Gasteiger partial charge in [0.1, 0.15) is 11.5 Å². The third-order valence-electron chi connectivity index (χ3n) is 3.56. The first kappa shape index (κ1) is 16.1. The van der Waals surface area contributed by atoms with E-state index in [-0.39, 0.29) is 25.5 Å². The average Bonchev–Trinajstić information content (AvgIpc) is 2.54. The Morgan fingerprint density at radius 2 is 2.14 bits per heavy atom. The molecule has 0 saturated carbocycles. The topological polar surface area (TPSA) is 85.3 Å². The van der Waals surface area contributed by atoms with Crippen molar-refractivity contribution in [3.63, 3.8) is 0 Å². The molecule has 120 valence electrons. The number of carbonyl (C=O) groups excluding carboxylic acids is 1. The predicted octanol–water partition coefficient (Wildman–Crippen LogP) is 0.558. The standard InChI is InChI=1S/C15H19NO6/c1-20-11-3-4-13(21-2)10(7-11)8-14(17)16-5-6-22-9-12(16)15(18)19/h3-4,7,12H,5-6,8-9H2,1-2H3,(H,18,19). The molecule has 0 spiro atoms. The van der Waals surface area contributed by atoms with Gasteiger partial charge in [0, 0.05) is 12.1 Å². The molecule has 0 bridgehead atoms. The summed E-state index contributed by atoms with van der Waals surface area (Å²) in [5.74, 6) is -0.164. The number of morpholine rings is 1. The smallest absolute Gasteiger partial charge is 0.328 e. The van der Waals surface area contributed by atoms with Gasteiger partial charge in [-0.15, -0.1) is 0 Å². The molecule has 0 aromatic heterocycles. The number of carbonyl (C=O) groups is 2. The molecule has 1 aromatic carbocycles. The highest BCUT2D eigenvalue weighted by atomic mass is 16.5. The molecule has 1 amide bonds. The maximum absolute atomic E-state index is 12.5. The van der Waals surface area contributed by atoms with Gasteiger partial charge in [0.15, 0.2) is 6.04 Å². The van der Waals surface area contributed by atoms with Crippen LogP contribution in [0.4, 0.5) is 0 Å². The zero-order chi connectivity index (χ0) is 16.1. The lowest BCUT2D eigenvalue weighted by Gasteiger charge is -2.33. The zero-order valence-corrected chi connectivity index (χ0v) is 12.6. The van der Waals surface area contributed by atoms with Gasteiger partial charge in [0.2, 0.25) is 5.91 Å². The van der Waals surface area contributed by atoms with Gasteiger partial charge in [-0.05, 0) is 18.2 Å². The molecule has 1 unspecified atom stereocenters. The summed E-state index contributed by atoms with van der Waals surface area (Å²) >= 11 is 0. The van der Waals surface area contributed by atoms with Gasteiger partial charge >= 0.3 is 5.97 Å². The van der Waals surface area contributed by atoms with Gasteiger partial charge in [-0.2, -0.15) is 0 Å². The molecular weight excluding hydrogens is 290 g/mol. The van der Waals surface area contributed by atoms with Crippen LogP contribution in [0.15, 0.2) is 18.2 Å². The fourth-order valence-corrected chi connectivity index (χ4v) is 2.39. The number of hydrogen-bond donors (Lipinski definition) is 1. The lowest BCUT2D eigenvalue weighted by atomic mass is 10.1. The zero-order valence-electron chi connectivity index (χ0n) is 12.6. The van der Waals surface area contributed by atoms with Crippen LogP contribution in [0.5, 0.6) is 11.5 Å². The molecule has 22 heavy (non-hydrogen) atoms. The van der Waals surface area contributed by atoms with Crippen LogP contribution in [0.25, 0.3) is 0 Å². The van der Waals surface area contributed by atoms with E-state index in [0.717, 1.165) is 0 Å². The van der Waals surface area contributed by atoms with Gasteiger partial charge in [0.05, 0.1) is 33.9 Å². The molecule has 1 N–H and O–H groups in total. The number of carboxylic acids is 1. The van der Waals surface area contributed by atoms with E-state index in [1.54, 1.807) is 18.2 Å². The van der Waals surface area contributed by atoms with E-state index in [0.29, 0.717) is 23.7 Å². The minimum atomic E-state index is -1.06. The molecule has 1 aliphatic rings. The van der Waals surface area contributed by atoms with E-state index in [1.807, 2.05) is 0 Å². The summed E-state index contributed by atoms with van der Waals surface area (Å²) in [5.41, 5.74) is 0.655. The van der Waals surface area contributed by atoms with E-state index in [4.69, 9.17) is 14.2 Å². The second-order valence-corrected chi connectivity index (χ2v) is 4.87. The summed E-state index contributed by atoms with van der Waals surface area (Å²) in [6, 6.07) is 4.22. The summed E-state index contributed by atoms with van der Waals surface area (Å²) in [7, 11) is 3.06. The summed E-state index contributed by atoms with van der Waals surface area (Å²) in [5, 5.41) is 9.19. The van der Waals surface area contributed by atoms with E-state index in [1.165, 1.54) is 19.1 Å². The molecule has 1 aromatic rings. The minimum Gasteiger partial charge on any atom is -0.497 e. The maximum atomic E-state index is 12.5. The third-order valence-corrected chi connectivity index (χ3v) is 3.56. The maximum Gasteiger partial charge on any atom is 0.328 e. The van der Waals surface area contributed by atoms with Crippen molar-refractivity contribution in [2.24, 2.45) is 0 Å². The highest BCUT2D eigenvalue weighted by Gasteiger charge is 2.32. The summed E-state index contributed by atoms with van der Waals surface area (Å²) in [6.07, 6.45) is 0.0458. The molecule has 1 saturated heterocycles. The monoisotopic (exact) mass is 309 g/mol. The Hall–Kier alpha value is -2.28. The third kappa shape index (κ3) is 3.48. The van der Waals surface area contributed by atoms with Crippen molar-refractivity contribution >= 4 is 11.9 Å². The van der Waals surface area contributed by atoms with Gasteiger partial charge in [0.25, 0.3) is 0 Å². The van der Waals surface area contributed by atoms with Crippen LogP contribution in [0, 0.1) is 0 Å². The number of nitrogens with zero attached hydrogens (tertiary/aromatic N) is 1. The predicted molar refractivity (Wildman–Crippen MR) is 77.2 cm³/mol. The number of amides is 1. The van der Waals surface area contributed by atoms with Crippen LogP contribution in [0.1, 0.15) is 5.56 Å². The van der Waals surface area contributed by atoms with Crippen LogP contribution in [-0.2, 0) is 20.7 Å². The Labute approximate surface area is 128 Å². The van der Waals surface area contributed by atoms with Crippen molar-refractivity contribution < 1.29 is 28.9 Å². The normalized spacial score (nSPS) is 17.9. The second kappa shape index (κ2) is 7.13. The number of rotatable bonds is 5. The van der Waals surface area contributed by atoms with Crippen molar-refractivity contribution in [1.29, 1.82) is 0 Å². The first-order valence-electron chi connectivity index (χ1n) is 6.87. The molecular formula is C15H19NO6. The van der Waals surface area contributed by atoms with E-state index in [9.17, 15) is 14.7 Å². The summed E-state index contributed by atoms with van der Waals surface area (Å²) in [4.78, 5) is 25.0. The van der Waals surface area contributed by atoms with Crippen LogP contribution in [0.3, 0.4) is 0 Å². The van der Waals surface area contributed by atoms with E-state index < -0.39 is 12.0 Å². The van der Waals surface area contributed by atoms with E-state index >= 15 is 0 Å². The van der Waals surface area contributed by atoms with Gasteiger partial charge < -0.3 is 24.2 Å². The van der Waals surface area contributed by atoms with Crippen molar-refractivity contribution in [3.8, 4) is 11.5 Å². The number of ether oxygens (including phenoxy) is 3. The van der Waals surface area contributed by atoms with Crippen molar-refractivity contribution in [2.45, 2.75) is 12.5 Å². The number of methoxy groups -OCH3 is 2. The van der Waals surface area contributed by atoms with Crippen LogP contribution in [-0.4, -0.2) is 61.9 Å². The fraction of sp³-hybridized carbons (Fsp3) is 0.467. The molecule has 1 fully saturated rings. The van der Waals surface area contributed by atoms with Gasteiger partial charge in [-0.1, -0.05) is 0 Å². The number of benzene rings is 1. The lowest BCUT2D eigenvalue weighted by Crippen LogP contribution is -2.53. The highest BCUT2D eigenvalue weighted by molar-refractivity contribution is 5.85. The quantitative estimate of drug-likeness (QED) is 0.855. The Morgan fingerprint density at radius 3 is 2.77 bits per heavy atom. The first-order valence-corrected chi connectivity index (χ1v) is 6.87. The van der Waals surface area contributed by atoms with E-state index in [2.05, 4.69) is 0 Å². The van der Waals surface area contributed by atoms with Crippen LogP contribution < -0.4 is 9.47 Å². The largest absolute Gasteiger partial charge is 0.497 e. The first-order chi connectivity index (χ1) is 10.6. The Morgan fingerprint density at radius 1 is 1.36 bits per heavy atom. The summed E-state index contributed by atoms with van der Waals surface area (Å²) in [6.45, 7) is 0.614.